The highest BCUT2D eigenvalue weighted by Gasteiger charge is 2.21. The van der Waals surface area contributed by atoms with Crippen molar-refractivity contribution in [3.8, 4) is 0 Å². The number of methoxy groups -OCH3 is 1. The van der Waals surface area contributed by atoms with E-state index in [1.807, 2.05) is 30.7 Å². The van der Waals surface area contributed by atoms with Gasteiger partial charge in [-0.05, 0) is 34.7 Å². The summed E-state index contributed by atoms with van der Waals surface area (Å²) in [5.41, 5.74) is 1.11. The number of carbonyl (C=O) groups is 2. The van der Waals surface area contributed by atoms with Crippen molar-refractivity contribution in [1.82, 2.24) is 10.2 Å². The Balaban J connectivity index is 2.46. The lowest BCUT2D eigenvalue weighted by molar-refractivity contribution is -0.143. The van der Waals surface area contributed by atoms with Crippen LogP contribution in [-0.4, -0.2) is 43.5 Å². The largest absolute Gasteiger partial charge is 0.468 e. The lowest BCUT2D eigenvalue weighted by Crippen LogP contribution is -2.44. The zero-order chi connectivity index (χ0) is 15.8. The summed E-state index contributed by atoms with van der Waals surface area (Å²) >= 11 is 1.61. The fraction of sp³-hybridized carbons (Fsp3) is 0.600. The van der Waals surface area contributed by atoms with Gasteiger partial charge in [0.1, 0.15) is 6.04 Å². The Morgan fingerprint density at radius 2 is 2.14 bits per heavy atom. The van der Waals surface area contributed by atoms with Crippen molar-refractivity contribution < 1.29 is 14.3 Å². The number of rotatable bonds is 8. The number of amides is 1. The van der Waals surface area contributed by atoms with Crippen molar-refractivity contribution in [1.29, 1.82) is 0 Å². The van der Waals surface area contributed by atoms with E-state index in [-0.39, 0.29) is 18.4 Å². The predicted octanol–water partition coefficient (Wildman–Crippen LogP) is 1.88. The topological polar surface area (TPSA) is 58.6 Å². The van der Waals surface area contributed by atoms with Crippen LogP contribution in [0, 0.1) is 5.92 Å². The quantitative estimate of drug-likeness (QED) is 0.745. The molecule has 1 unspecified atom stereocenters. The maximum atomic E-state index is 12.1. The van der Waals surface area contributed by atoms with Crippen LogP contribution < -0.4 is 5.32 Å². The van der Waals surface area contributed by atoms with E-state index >= 15 is 0 Å². The molecule has 1 heterocycles. The van der Waals surface area contributed by atoms with Gasteiger partial charge in [-0.1, -0.05) is 13.8 Å². The van der Waals surface area contributed by atoms with Gasteiger partial charge in [0.15, 0.2) is 0 Å². The van der Waals surface area contributed by atoms with Crippen LogP contribution in [0.3, 0.4) is 0 Å². The first-order chi connectivity index (χ1) is 9.93. The number of likely N-dealkylation sites (N-methyl/N-ethyl adjacent to an activating group) is 1. The molecule has 0 radical (unpaired) electrons. The minimum absolute atomic E-state index is 0.0427. The molecule has 0 aromatic carbocycles. The molecule has 1 aromatic rings. The fourth-order valence-corrected chi connectivity index (χ4v) is 2.63. The third-order valence-corrected chi connectivity index (χ3v) is 3.85. The molecule has 0 saturated carbocycles. The number of nitrogens with one attached hydrogen (secondary N) is 1. The minimum Gasteiger partial charge on any atom is -0.468 e. The Morgan fingerprint density at radius 3 is 2.67 bits per heavy atom. The molecular weight excluding hydrogens is 288 g/mol. The third kappa shape index (κ3) is 6.27. The summed E-state index contributed by atoms with van der Waals surface area (Å²) in [5.74, 6) is -0.0175. The molecule has 0 aliphatic rings. The number of nitrogens with zero attached hydrogens (tertiary/aromatic N) is 1. The minimum atomic E-state index is -0.437. The van der Waals surface area contributed by atoms with Gasteiger partial charge in [-0.25, -0.2) is 0 Å². The Labute approximate surface area is 130 Å². The second kappa shape index (κ2) is 8.79. The van der Waals surface area contributed by atoms with Crippen LogP contribution >= 0.6 is 11.3 Å². The van der Waals surface area contributed by atoms with Crippen molar-refractivity contribution in [3.63, 3.8) is 0 Å². The molecular formula is C15H24N2O3S. The fourth-order valence-electron chi connectivity index (χ4n) is 1.97. The van der Waals surface area contributed by atoms with Crippen molar-refractivity contribution in [2.45, 2.75) is 32.9 Å². The van der Waals surface area contributed by atoms with Crippen LogP contribution in [-0.2, 0) is 20.9 Å². The monoisotopic (exact) mass is 312 g/mol. The van der Waals surface area contributed by atoms with Gasteiger partial charge in [0.05, 0.1) is 13.7 Å². The molecule has 1 rings (SSSR count). The summed E-state index contributed by atoms with van der Waals surface area (Å²) in [5, 5.41) is 7.01. The SMILES string of the molecule is COC(=O)C(CC(C)C)NCC(=O)N(C)Cc1ccsc1. The van der Waals surface area contributed by atoms with Gasteiger partial charge < -0.3 is 9.64 Å². The predicted molar refractivity (Wildman–Crippen MR) is 84.1 cm³/mol. The number of esters is 1. The molecule has 0 aliphatic carbocycles. The highest BCUT2D eigenvalue weighted by atomic mass is 32.1. The van der Waals surface area contributed by atoms with Gasteiger partial charge in [-0.15, -0.1) is 0 Å². The standard InChI is InChI=1S/C15H24N2O3S/c1-11(2)7-13(15(19)20-4)16-8-14(18)17(3)9-12-5-6-21-10-12/h5-6,10-11,13,16H,7-9H2,1-4H3. The molecule has 0 bridgehead atoms. The Morgan fingerprint density at radius 1 is 1.43 bits per heavy atom. The summed E-state index contributed by atoms with van der Waals surface area (Å²) in [6.07, 6.45) is 0.647. The second-order valence-electron chi connectivity index (χ2n) is 5.47. The van der Waals surface area contributed by atoms with Gasteiger partial charge in [-0.3, -0.25) is 14.9 Å². The molecule has 6 heteroatoms. The van der Waals surface area contributed by atoms with E-state index in [0.29, 0.717) is 18.9 Å². The lowest BCUT2D eigenvalue weighted by Gasteiger charge is -2.21. The van der Waals surface area contributed by atoms with E-state index in [0.717, 1.165) is 5.56 Å². The average Bonchev–Trinajstić information content (AvgIpc) is 2.94. The number of carbonyl (C=O) groups excluding carboxylic acids is 2. The zero-order valence-electron chi connectivity index (χ0n) is 13.1. The van der Waals surface area contributed by atoms with Crippen molar-refractivity contribution in [2.24, 2.45) is 5.92 Å². The summed E-state index contributed by atoms with van der Waals surface area (Å²) in [4.78, 5) is 25.4. The first-order valence-corrected chi connectivity index (χ1v) is 7.94. The molecule has 5 nitrogen and oxygen atoms in total. The number of ether oxygens (including phenoxy) is 1. The van der Waals surface area contributed by atoms with Gasteiger partial charge in [0, 0.05) is 13.6 Å². The van der Waals surface area contributed by atoms with Gasteiger partial charge in [0.25, 0.3) is 0 Å². The molecule has 1 amide bonds. The molecule has 0 saturated heterocycles. The summed E-state index contributed by atoms with van der Waals surface area (Å²) in [7, 11) is 3.12. The van der Waals surface area contributed by atoms with Crippen molar-refractivity contribution in [3.05, 3.63) is 22.4 Å². The van der Waals surface area contributed by atoms with Crippen LogP contribution in [0.4, 0.5) is 0 Å². The first kappa shape index (κ1) is 17.7. The Bertz CT molecular complexity index is 446. The zero-order valence-corrected chi connectivity index (χ0v) is 13.9. The van der Waals surface area contributed by atoms with Gasteiger partial charge in [0.2, 0.25) is 5.91 Å². The lowest BCUT2D eigenvalue weighted by atomic mass is 10.0. The summed E-state index contributed by atoms with van der Waals surface area (Å²) in [6, 6.07) is 1.56. The highest BCUT2D eigenvalue weighted by Crippen LogP contribution is 2.09. The van der Waals surface area contributed by atoms with Crippen LogP contribution in [0.5, 0.6) is 0 Å². The summed E-state index contributed by atoms with van der Waals surface area (Å²) in [6.45, 7) is 4.77. The van der Waals surface area contributed by atoms with E-state index < -0.39 is 6.04 Å². The third-order valence-electron chi connectivity index (χ3n) is 3.12. The normalized spacial score (nSPS) is 12.2. The van der Waals surface area contributed by atoms with Crippen LogP contribution in [0.25, 0.3) is 0 Å². The van der Waals surface area contributed by atoms with Crippen molar-refractivity contribution in [2.75, 3.05) is 20.7 Å². The maximum absolute atomic E-state index is 12.1. The number of hydrogen-bond acceptors (Lipinski definition) is 5. The molecule has 1 aromatic heterocycles. The molecule has 0 aliphatic heterocycles. The molecule has 0 spiro atoms. The first-order valence-electron chi connectivity index (χ1n) is 7.00. The molecule has 0 fully saturated rings. The van der Waals surface area contributed by atoms with Crippen molar-refractivity contribution >= 4 is 23.2 Å². The van der Waals surface area contributed by atoms with Gasteiger partial charge >= 0.3 is 5.97 Å². The molecule has 118 valence electrons. The second-order valence-corrected chi connectivity index (χ2v) is 6.25. The van der Waals surface area contributed by atoms with E-state index in [9.17, 15) is 9.59 Å². The number of hydrogen-bond donors (Lipinski definition) is 1. The van der Waals surface area contributed by atoms with Crippen LogP contribution in [0.15, 0.2) is 16.8 Å². The smallest absolute Gasteiger partial charge is 0.322 e. The van der Waals surface area contributed by atoms with E-state index in [1.165, 1.54) is 7.11 Å². The van der Waals surface area contributed by atoms with E-state index in [4.69, 9.17) is 4.74 Å². The summed E-state index contributed by atoms with van der Waals surface area (Å²) < 4.78 is 4.77. The van der Waals surface area contributed by atoms with Crippen LogP contribution in [0.1, 0.15) is 25.8 Å². The maximum Gasteiger partial charge on any atom is 0.322 e. The molecule has 21 heavy (non-hydrogen) atoms. The Hall–Kier alpha value is -1.40. The number of thiophene rings is 1. The molecule has 1 atom stereocenters. The average molecular weight is 312 g/mol. The Kier molecular flexibility index (Phi) is 7.39. The molecule has 1 N–H and O–H groups in total. The van der Waals surface area contributed by atoms with E-state index in [2.05, 4.69) is 5.32 Å². The van der Waals surface area contributed by atoms with E-state index in [1.54, 1.807) is 23.3 Å². The van der Waals surface area contributed by atoms with Crippen LogP contribution in [0.2, 0.25) is 0 Å². The van der Waals surface area contributed by atoms with Gasteiger partial charge in [-0.2, -0.15) is 11.3 Å². The highest BCUT2D eigenvalue weighted by molar-refractivity contribution is 7.07.